The summed E-state index contributed by atoms with van der Waals surface area (Å²) in [5.41, 5.74) is 2.68. The van der Waals surface area contributed by atoms with Crippen molar-refractivity contribution in [2.24, 2.45) is 0 Å². The minimum Gasteiger partial charge on any atom is -0.493 e. The van der Waals surface area contributed by atoms with Crippen LogP contribution in [0.5, 0.6) is 11.5 Å². The smallest absolute Gasteiger partial charge is 0.335 e. The van der Waals surface area contributed by atoms with Crippen molar-refractivity contribution in [3.8, 4) is 11.5 Å². The number of carbonyl (C=O) groups is 3. The molecule has 0 aromatic heterocycles. The van der Waals surface area contributed by atoms with Gasteiger partial charge < -0.3 is 9.47 Å². The first-order chi connectivity index (χ1) is 15.4. The van der Waals surface area contributed by atoms with E-state index in [0.717, 1.165) is 22.4 Å². The predicted octanol–water partition coefficient (Wildman–Crippen LogP) is 4.05. The summed E-state index contributed by atoms with van der Waals surface area (Å²) >= 11 is 0. The topological polar surface area (TPSA) is 84.9 Å². The highest BCUT2D eigenvalue weighted by molar-refractivity contribution is 6.39. The lowest BCUT2D eigenvalue weighted by molar-refractivity contribution is -0.122. The molecule has 1 fully saturated rings. The van der Waals surface area contributed by atoms with Gasteiger partial charge in [0.05, 0.1) is 19.4 Å². The molecule has 1 heterocycles. The Hall–Kier alpha value is -3.87. The number of nitrogens with zero attached hydrogens (tertiary/aromatic N) is 1. The van der Waals surface area contributed by atoms with E-state index in [-0.39, 0.29) is 5.57 Å². The maximum absolute atomic E-state index is 13.2. The molecule has 3 rings (SSSR count). The minimum atomic E-state index is -0.779. The second kappa shape index (κ2) is 9.96. The molecule has 0 saturated carbocycles. The van der Waals surface area contributed by atoms with Crippen molar-refractivity contribution < 1.29 is 23.9 Å². The molecule has 1 N–H and O–H groups in total. The van der Waals surface area contributed by atoms with Crippen LogP contribution in [0.3, 0.4) is 0 Å². The van der Waals surface area contributed by atoms with E-state index in [1.54, 1.807) is 37.5 Å². The van der Waals surface area contributed by atoms with Gasteiger partial charge in [0.25, 0.3) is 11.8 Å². The van der Waals surface area contributed by atoms with E-state index in [9.17, 15) is 14.4 Å². The van der Waals surface area contributed by atoms with Crippen molar-refractivity contribution in [3.63, 3.8) is 0 Å². The Morgan fingerprint density at radius 1 is 1.09 bits per heavy atom. The molecule has 0 unspecified atom stereocenters. The van der Waals surface area contributed by atoms with Crippen LogP contribution in [-0.2, 0) is 22.4 Å². The van der Waals surface area contributed by atoms with Gasteiger partial charge in [0, 0.05) is 5.56 Å². The Kier molecular flexibility index (Phi) is 7.10. The summed E-state index contributed by atoms with van der Waals surface area (Å²) in [5, 5.41) is 2.25. The third kappa shape index (κ3) is 4.56. The molecule has 0 radical (unpaired) electrons. The summed E-state index contributed by atoms with van der Waals surface area (Å²) in [4.78, 5) is 39.1. The van der Waals surface area contributed by atoms with Crippen LogP contribution < -0.4 is 19.7 Å². The van der Waals surface area contributed by atoms with E-state index in [1.165, 1.54) is 6.08 Å². The molecule has 4 amide bonds. The lowest BCUT2D eigenvalue weighted by Gasteiger charge is -2.26. The van der Waals surface area contributed by atoms with Gasteiger partial charge in [-0.05, 0) is 61.2 Å². The number of methoxy groups -OCH3 is 1. The van der Waals surface area contributed by atoms with Gasteiger partial charge in [0.2, 0.25) is 0 Å². The van der Waals surface area contributed by atoms with Crippen LogP contribution in [0.15, 0.2) is 54.6 Å². The zero-order valence-electron chi connectivity index (χ0n) is 18.4. The van der Waals surface area contributed by atoms with Gasteiger partial charge in [-0.2, -0.15) is 0 Å². The monoisotopic (exact) mass is 434 g/mol. The highest BCUT2D eigenvalue weighted by atomic mass is 16.5. The predicted molar refractivity (Wildman–Crippen MR) is 123 cm³/mol. The molecule has 0 atom stereocenters. The maximum atomic E-state index is 13.2. The number of allylic oxidation sites excluding steroid dienone is 1. The number of anilines is 1. The maximum Gasteiger partial charge on any atom is 0.335 e. The number of barbiturate groups is 1. The van der Waals surface area contributed by atoms with Crippen molar-refractivity contribution in [3.05, 3.63) is 71.3 Å². The average molecular weight is 434 g/mol. The quantitative estimate of drug-likeness (QED) is 0.385. The number of aryl methyl sites for hydroxylation is 1. The molecule has 0 aliphatic carbocycles. The van der Waals surface area contributed by atoms with Gasteiger partial charge in [-0.3, -0.25) is 14.9 Å². The van der Waals surface area contributed by atoms with E-state index in [4.69, 9.17) is 9.47 Å². The number of nitrogens with one attached hydrogen (secondary N) is 1. The van der Waals surface area contributed by atoms with Crippen molar-refractivity contribution in [1.29, 1.82) is 0 Å². The fourth-order valence-electron chi connectivity index (χ4n) is 3.51. The van der Waals surface area contributed by atoms with Crippen LogP contribution in [0.1, 0.15) is 30.5 Å². The Bertz CT molecular complexity index is 1090. The number of amides is 4. The van der Waals surface area contributed by atoms with Gasteiger partial charge in [-0.1, -0.05) is 25.1 Å². The Balaban J connectivity index is 2.05. The summed E-state index contributed by atoms with van der Waals surface area (Å²) in [5.74, 6) is -0.378. The molecule has 2 aromatic carbocycles. The molecule has 0 bridgehead atoms. The molecular formula is C25H26N2O5. The second-order valence-corrected chi connectivity index (χ2v) is 7.12. The summed E-state index contributed by atoms with van der Waals surface area (Å²) in [6.45, 7) is 8.05. The molecular weight excluding hydrogens is 408 g/mol. The van der Waals surface area contributed by atoms with Gasteiger partial charge in [0.15, 0.2) is 11.5 Å². The van der Waals surface area contributed by atoms with Crippen LogP contribution in [0, 0.1) is 0 Å². The van der Waals surface area contributed by atoms with Crippen LogP contribution >= 0.6 is 0 Å². The summed E-state index contributed by atoms with van der Waals surface area (Å²) in [7, 11) is 1.55. The van der Waals surface area contributed by atoms with Crippen molar-refractivity contribution >= 4 is 29.6 Å². The first-order valence-electron chi connectivity index (χ1n) is 10.4. The summed E-state index contributed by atoms with van der Waals surface area (Å²) in [6, 6.07) is 9.77. The van der Waals surface area contributed by atoms with Crippen LogP contribution in [0.2, 0.25) is 0 Å². The number of ether oxygens (including phenoxy) is 2. The van der Waals surface area contributed by atoms with Gasteiger partial charge in [-0.15, -0.1) is 6.58 Å². The third-order valence-electron chi connectivity index (χ3n) is 5.04. The van der Waals surface area contributed by atoms with Crippen molar-refractivity contribution in [2.45, 2.75) is 26.7 Å². The van der Waals surface area contributed by atoms with E-state index in [1.807, 2.05) is 26.0 Å². The summed E-state index contributed by atoms with van der Waals surface area (Å²) in [6.07, 6.45) is 4.51. The molecule has 2 aromatic rings. The minimum absolute atomic E-state index is 0.152. The number of urea groups is 1. The first kappa shape index (κ1) is 22.8. The normalized spacial score (nSPS) is 15.0. The average Bonchev–Trinajstić information content (AvgIpc) is 2.77. The highest BCUT2D eigenvalue weighted by Crippen LogP contribution is 2.34. The van der Waals surface area contributed by atoms with E-state index < -0.39 is 17.8 Å². The zero-order valence-corrected chi connectivity index (χ0v) is 18.4. The Morgan fingerprint density at radius 2 is 1.81 bits per heavy atom. The van der Waals surface area contributed by atoms with Gasteiger partial charge in [0.1, 0.15) is 5.57 Å². The summed E-state index contributed by atoms with van der Waals surface area (Å²) < 4.78 is 11.2. The fraction of sp³-hybridized carbons (Fsp3) is 0.240. The Labute approximate surface area is 187 Å². The van der Waals surface area contributed by atoms with Crippen LogP contribution in [0.4, 0.5) is 10.5 Å². The van der Waals surface area contributed by atoms with Gasteiger partial charge in [-0.25, -0.2) is 9.69 Å². The number of benzene rings is 2. The third-order valence-corrected chi connectivity index (χ3v) is 5.04. The van der Waals surface area contributed by atoms with Crippen molar-refractivity contribution in [1.82, 2.24) is 5.32 Å². The second-order valence-electron chi connectivity index (χ2n) is 7.12. The molecule has 7 heteroatoms. The molecule has 166 valence electrons. The van der Waals surface area contributed by atoms with E-state index >= 15 is 0 Å². The number of carbonyl (C=O) groups excluding carboxylic acids is 3. The number of imide groups is 2. The van der Waals surface area contributed by atoms with E-state index in [0.29, 0.717) is 35.8 Å². The lowest BCUT2D eigenvalue weighted by Crippen LogP contribution is -2.54. The van der Waals surface area contributed by atoms with Crippen molar-refractivity contribution in [2.75, 3.05) is 18.6 Å². The molecule has 32 heavy (non-hydrogen) atoms. The Morgan fingerprint density at radius 3 is 2.41 bits per heavy atom. The zero-order chi connectivity index (χ0) is 23.3. The first-order valence-corrected chi connectivity index (χ1v) is 10.4. The van der Waals surface area contributed by atoms with E-state index in [2.05, 4.69) is 11.9 Å². The number of rotatable bonds is 8. The molecule has 7 nitrogen and oxygen atoms in total. The largest absolute Gasteiger partial charge is 0.493 e. The van der Waals surface area contributed by atoms with Crippen LogP contribution in [-0.4, -0.2) is 31.6 Å². The molecule has 0 spiro atoms. The number of hydrogen-bond acceptors (Lipinski definition) is 5. The fourth-order valence-corrected chi connectivity index (χ4v) is 3.51. The SMILES string of the molecule is C=CCc1cc(/C=C2/C(=O)NC(=O)N(c3ccc(CC)cc3)C2=O)cc(OCC)c1OC. The lowest BCUT2D eigenvalue weighted by atomic mass is 10.0. The standard InChI is InChI=1S/C25H26N2O5/c1-5-8-18-13-17(15-21(32-7-3)22(18)31-4)14-20-23(28)26-25(30)27(24(20)29)19-11-9-16(6-2)10-12-19/h5,9-15H,1,6-8H2,2-4H3,(H,26,28,30)/b20-14-. The van der Waals surface area contributed by atoms with Gasteiger partial charge >= 0.3 is 6.03 Å². The molecule has 1 saturated heterocycles. The van der Waals surface area contributed by atoms with Crippen LogP contribution in [0.25, 0.3) is 6.08 Å². The number of hydrogen-bond donors (Lipinski definition) is 1. The molecule has 1 aliphatic rings. The molecule has 1 aliphatic heterocycles. The highest BCUT2D eigenvalue weighted by Gasteiger charge is 2.36.